The Hall–Kier alpha value is -1.77. The Balaban J connectivity index is 0.00000261. The first-order valence-corrected chi connectivity index (χ1v) is 9.54. The fourth-order valence-electron chi connectivity index (χ4n) is 3.13. The Morgan fingerprint density at radius 2 is 2.00 bits per heavy atom. The molecule has 7 heteroatoms. The standard InChI is InChI=1S/C20H29N5O.HI/c1-3-21-20(24-12-11-22-19(26)15-7-8-15)23-10-9-16-13-25-17-6-4-5-14(2)18(16)17;/h4-6,13,15,25H,3,7-12H2,1-2H3,(H,22,26)(H2,21,23,24);1H. The third kappa shape index (κ3) is 6.12. The number of aromatic amines is 1. The highest BCUT2D eigenvalue weighted by molar-refractivity contribution is 14.0. The number of guanidine groups is 1. The molecule has 6 nitrogen and oxygen atoms in total. The molecule has 1 aliphatic carbocycles. The van der Waals surface area contributed by atoms with Crippen LogP contribution in [0.25, 0.3) is 10.9 Å². The van der Waals surface area contributed by atoms with E-state index in [2.05, 4.69) is 64.2 Å². The third-order valence-electron chi connectivity index (χ3n) is 4.66. The van der Waals surface area contributed by atoms with Crippen molar-refractivity contribution in [2.75, 3.05) is 26.2 Å². The molecular formula is C20H30IN5O. The lowest BCUT2D eigenvalue weighted by Gasteiger charge is -2.11. The largest absolute Gasteiger partial charge is 0.361 e. The number of hydrogen-bond acceptors (Lipinski definition) is 2. The topological polar surface area (TPSA) is 81.3 Å². The van der Waals surface area contributed by atoms with Gasteiger partial charge in [0.2, 0.25) is 5.91 Å². The molecule has 1 fully saturated rings. The summed E-state index contributed by atoms with van der Waals surface area (Å²) < 4.78 is 0. The summed E-state index contributed by atoms with van der Waals surface area (Å²) in [7, 11) is 0. The SMILES string of the molecule is CCNC(=NCCc1c[nH]c2cccc(C)c12)NCCNC(=O)C1CC1.I. The Labute approximate surface area is 178 Å². The van der Waals surface area contributed by atoms with Crippen molar-refractivity contribution < 1.29 is 4.79 Å². The van der Waals surface area contributed by atoms with E-state index >= 15 is 0 Å². The van der Waals surface area contributed by atoms with Crippen LogP contribution in [0.1, 0.15) is 30.9 Å². The van der Waals surface area contributed by atoms with E-state index in [1.54, 1.807) is 0 Å². The number of nitrogens with zero attached hydrogens (tertiary/aromatic N) is 1. The van der Waals surface area contributed by atoms with Crippen LogP contribution in [-0.2, 0) is 11.2 Å². The van der Waals surface area contributed by atoms with Crippen LogP contribution in [0.2, 0.25) is 0 Å². The van der Waals surface area contributed by atoms with Crippen LogP contribution in [0.4, 0.5) is 0 Å². The van der Waals surface area contributed by atoms with Crippen molar-refractivity contribution in [3.05, 3.63) is 35.5 Å². The number of carbonyl (C=O) groups excluding carboxylic acids is 1. The number of rotatable bonds is 8. The van der Waals surface area contributed by atoms with Gasteiger partial charge >= 0.3 is 0 Å². The van der Waals surface area contributed by atoms with Crippen LogP contribution >= 0.6 is 24.0 Å². The van der Waals surface area contributed by atoms with Crippen molar-refractivity contribution in [1.82, 2.24) is 20.9 Å². The van der Waals surface area contributed by atoms with E-state index in [0.29, 0.717) is 19.6 Å². The fourth-order valence-corrected chi connectivity index (χ4v) is 3.13. The maximum atomic E-state index is 11.6. The summed E-state index contributed by atoms with van der Waals surface area (Å²) in [5, 5.41) is 10.8. The van der Waals surface area contributed by atoms with E-state index in [4.69, 9.17) is 0 Å². The highest BCUT2D eigenvalue weighted by Gasteiger charge is 2.28. The van der Waals surface area contributed by atoms with Crippen LogP contribution in [-0.4, -0.2) is 43.0 Å². The highest BCUT2D eigenvalue weighted by Crippen LogP contribution is 2.28. The fraction of sp³-hybridized carbons (Fsp3) is 0.500. The van der Waals surface area contributed by atoms with Gasteiger partial charge in [0.1, 0.15) is 0 Å². The van der Waals surface area contributed by atoms with Gasteiger partial charge in [-0.1, -0.05) is 12.1 Å². The van der Waals surface area contributed by atoms with Gasteiger partial charge in [-0.15, -0.1) is 24.0 Å². The van der Waals surface area contributed by atoms with Gasteiger partial charge < -0.3 is 20.9 Å². The second-order valence-electron chi connectivity index (χ2n) is 6.81. The molecule has 3 rings (SSSR count). The molecule has 1 aliphatic rings. The van der Waals surface area contributed by atoms with E-state index in [0.717, 1.165) is 31.8 Å². The molecule has 0 unspecified atom stereocenters. The predicted octanol–water partition coefficient (Wildman–Crippen LogP) is 2.72. The number of carbonyl (C=O) groups is 1. The summed E-state index contributed by atoms with van der Waals surface area (Å²) in [4.78, 5) is 19.6. The Morgan fingerprint density at radius 1 is 1.22 bits per heavy atom. The highest BCUT2D eigenvalue weighted by atomic mass is 127. The number of nitrogens with one attached hydrogen (secondary N) is 4. The molecule has 27 heavy (non-hydrogen) atoms. The molecule has 148 valence electrons. The van der Waals surface area contributed by atoms with Crippen molar-refractivity contribution in [1.29, 1.82) is 0 Å². The number of hydrogen-bond donors (Lipinski definition) is 4. The van der Waals surface area contributed by atoms with Gasteiger partial charge in [-0.05, 0) is 50.3 Å². The van der Waals surface area contributed by atoms with Crippen molar-refractivity contribution in [3.8, 4) is 0 Å². The number of amides is 1. The molecular weight excluding hydrogens is 453 g/mol. The third-order valence-corrected chi connectivity index (χ3v) is 4.66. The van der Waals surface area contributed by atoms with Crippen molar-refractivity contribution in [3.63, 3.8) is 0 Å². The second-order valence-corrected chi connectivity index (χ2v) is 6.81. The van der Waals surface area contributed by atoms with Crippen molar-refractivity contribution >= 4 is 46.7 Å². The first-order valence-electron chi connectivity index (χ1n) is 9.54. The molecule has 2 aromatic rings. The minimum Gasteiger partial charge on any atom is -0.361 e. The van der Waals surface area contributed by atoms with Gasteiger partial charge in [-0.25, -0.2) is 0 Å². The zero-order chi connectivity index (χ0) is 18.4. The Bertz CT molecular complexity index is 782. The van der Waals surface area contributed by atoms with Crippen LogP contribution < -0.4 is 16.0 Å². The average Bonchev–Trinajstić information content (AvgIpc) is 3.40. The summed E-state index contributed by atoms with van der Waals surface area (Å²) in [6.07, 6.45) is 5.05. The van der Waals surface area contributed by atoms with Crippen LogP contribution in [0.15, 0.2) is 29.4 Å². The number of halogens is 1. The van der Waals surface area contributed by atoms with Crippen molar-refractivity contribution in [2.24, 2.45) is 10.9 Å². The van der Waals surface area contributed by atoms with Crippen LogP contribution in [0.3, 0.4) is 0 Å². The maximum Gasteiger partial charge on any atom is 0.223 e. The van der Waals surface area contributed by atoms with E-state index in [1.165, 1.54) is 22.0 Å². The Morgan fingerprint density at radius 3 is 2.74 bits per heavy atom. The number of fused-ring (bicyclic) bond motifs is 1. The summed E-state index contributed by atoms with van der Waals surface area (Å²) in [6, 6.07) is 6.33. The smallest absolute Gasteiger partial charge is 0.223 e. The first-order chi connectivity index (χ1) is 12.7. The van der Waals surface area contributed by atoms with E-state index in [9.17, 15) is 4.79 Å². The lowest BCUT2D eigenvalue weighted by Crippen LogP contribution is -2.41. The minimum absolute atomic E-state index is 0. The monoisotopic (exact) mass is 483 g/mol. The number of benzene rings is 1. The molecule has 0 radical (unpaired) electrons. The molecule has 1 heterocycles. The van der Waals surface area contributed by atoms with Gasteiger partial charge in [0.05, 0.1) is 0 Å². The van der Waals surface area contributed by atoms with Crippen LogP contribution in [0, 0.1) is 12.8 Å². The van der Waals surface area contributed by atoms with Gasteiger partial charge in [-0.3, -0.25) is 9.79 Å². The van der Waals surface area contributed by atoms with E-state index < -0.39 is 0 Å². The zero-order valence-electron chi connectivity index (χ0n) is 16.1. The minimum atomic E-state index is 0. The molecule has 0 saturated heterocycles. The van der Waals surface area contributed by atoms with Crippen LogP contribution in [0.5, 0.6) is 0 Å². The van der Waals surface area contributed by atoms with E-state index in [-0.39, 0.29) is 35.8 Å². The molecule has 4 N–H and O–H groups in total. The molecule has 0 aliphatic heterocycles. The quantitative estimate of drug-likeness (QED) is 0.202. The summed E-state index contributed by atoms with van der Waals surface area (Å²) >= 11 is 0. The van der Waals surface area contributed by atoms with Gasteiger partial charge in [0.25, 0.3) is 0 Å². The normalized spacial score (nSPS) is 13.9. The maximum absolute atomic E-state index is 11.6. The number of aryl methyl sites for hydroxylation is 1. The molecule has 1 aromatic heterocycles. The number of H-pyrrole nitrogens is 1. The predicted molar refractivity (Wildman–Crippen MR) is 122 cm³/mol. The van der Waals surface area contributed by atoms with Gasteiger partial charge in [-0.2, -0.15) is 0 Å². The van der Waals surface area contributed by atoms with Gasteiger partial charge in [0, 0.05) is 49.2 Å². The number of aromatic nitrogens is 1. The molecule has 1 amide bonds. The average molecular weight is 483 g/mol. The Kier molecular flexibility index (Phi) is 8.40. The van der Waals surface area contributed by atoms with Gasteiger partial charge in [0.15, 0.2) is 5.96 Å². The summed E-state index contributed by atoms with van der Waals surface area (Å²) in [6.45, 7) is 7.02. The molecule has 1 aromatic carbocycles. The summed E-state index contributed by atoms with van der Waals surface area (Å²) in [5.41, 5.74) is 3.77. The first kappa shape index (κ1) is 21.5. The van der Waals surface area contributed by atoms with E-state index in [1.807, 2.05) is 0 Å². The number of aliphatic imine (C=N–C) groups is 1. The second kappa shape index (κ2) is 10.5. The molecule has 0 bridgehead atoms. The molecule has 1 saturated carbocycles. The zero-order valence-corrected chi connectivity index (χ0v) is 18.4. The lowest BCUT2D eigenvalue weighted by atomic mass is 10.1. The lowest BCUT2D eigenvalue weighted by molar-refractivity contribution is -0.122. The molecule has 0 spiro atoms. The summed E-state index contributed by atoms with van der Waals surface area (Å²) in [5.74, 6) is 1.24. The molecule has 0 atom stereocenters. The van der Waals surface area contributed by atoms with Crippen molar-refractivity contribution in [2.45, 2.75) is 33.1 Å².